The van der Waals surface area contributed by atoms with Crippen LogP contribution < -0.4 is 0 Å². The topological polar surface area (TPSA) is 69.7 Å². The number of ketones is 2. The molecule has 0 aliphatic rings. The van der Waals surface area contributed by atoms with Crippen molar-refractivity contribution in [3.8, 4) is 0 Å². The maximum Gasteiger partial charge on any atom is 0.164 e. The molecule has 0 saturated heterocycles. The van der Waals surface area contributed by atoms with E-state index < -0.39 is 6.29 Å². The summed E-state index contributed by atoms with van der Waals surface area (Å²) >= 11 is 12.1. The number of hydrogen-bond donors (Lipinski definition) is 0. The van der Waals surface area contributed by atoms with E-state index in [2.05, 4.69) is 0 Å². The predicted molar refractivity (Wildman–Crippen MR) is 132 cm³/mol. The lowest BCUT2D eigenvalue weighted by atomic mass is 10.0. The SMILES string of the molecule is CCOC(CC(=O)Cc1c(C)cccc1Cl)OCC.Cc1cccc(Cl)c1CC(=O)CC=O. The van der Waals surface area contributed by atoms with Crippen LogP contribution in [-0.4, -0.2) is 37.4 Å². The standard InChI is InChI=1S/C15H21ClO3.C11H11ClO2/c1-4-18-15(19-5-2)10-12(17)9-13-11(3)7-6-8-14(13)16;1-8-3-2-4-11(12)10(8)7-9(14)5-6-13/h6-8,15H,4-5,9-10H2,1-3H3;2-4,6H,5,7H2,1H3. The minimum atomic E-state index is -0.453. The first-order chi connectivity index (χ1) is 15.7. The van der Waals surface area contributed by atoms with Crippen LogP contribution in [0.15, 0.2) is 36.4 Å². The van der Waals surface area contributed by atoms with Crippen molar-refractivity contribution >= 4 is 41.1 Å². The van der Waals surface area contributed by atoms with Gasteiger partial charge in [-0.25, -0.2) is 0 Å². The van der Waals surface area contributed by atoms with E-state index in [9.17, 15) is 14.4 Å². The number of halogens is 2. The molecule has 7 heteroatoms. The van der Waals surface area contributed by atoms with Gasteiger partial charge in [-0.2, -0.15) is 0 Å². The van der Waals surface area contributed by atoms with Crippen molar-refractivity contribution in [2.45, 2.75) is 59.7 Å². The van der Waals surface area contributed by atoms with Gasteiger partial charge in [0.15, 0.2) is 6.29 Å². The Balaban J connectivity index is 0.000000346. The molecule has 33 heavy (non-hydrogen) atoms. The predicted octanol–water partition coefficient (Wildman–Crippen LogP) is 5.90. The minimum absolute atomic E-state index is 0.0370. The van der Waals surface area contributed by atoms with Crippen LogP contribution in [0.1, 0.15) is 48.9 Å². The zero-order valence-electron chi connectivity index (χ0n) is 19.7. The molecule has 2 aromatic carbocycles. The van der Waals surface area contributed by atoms with E-state index >= 15 is 0 Å². The number of carbonyl (C=O) groups is 3. The zero-order chi connectivity index (χ0) is 24.8. The third kappa shape index (κ3) is 10.6. The molecule has 0 amide bonds. The van der Waals surface area contributed by atoms with Crippen molar-refractivity contribution in [2.75, 3.05) is 13.2 Å². The van der Waals surface area contributed by atoms with Crippen LogP contribution in [0.2, 0.25) is 10.0 Å². The van der Waals surface area contributed by atoms with Gasteiger partial charge < -0.3 is 14.3 Å². The fourth-order valence-corrected chi connectivity index (χ4v) is 3.71. The van der Waals surface area contributed by atoms with Crippen LogP contribution >= 0.6 is 23.2 Å². The smallest absolute Gasteiger partial charge is 0.164 e. The summed E-state index contributed by atoms with van der Waals surface area (Å²) in [7, 11) is 0. The second kappa shape index (κ2) is 15.7. The van der Waals surface area contributed by atoms with Crippen molar-refractivity contribution in [1.29, 1.82) is 0 Å². The number of Topliss-reactive ketones (excluding diaryl/α,β-unsaturated/α-hetero) is 2. The number of ether oxygens (including phenoxy) is 2. The average molecular weight is 495 g/mol. The van der Waals surface area contributed by atoms with Crippen molar-refractivity contribution in [3.05, 3.63) is 68.7 Å². The molecule has 2 rings (SSSR count). The first-order valence-electron chi connectivity index (χ1n) is 10.9. The molecule has 0 radical (unpaired) electrons. The molecule has 180 valence electrons. The fourth-order valence-electron chi connectivity index (χ4n) is 3.14. The lowest BCUT2D eigenvalue weighted by Gasteiger charge is -2.16. The third-order valence-corrected chi connectivity index (χ3v) is 5.57. The average Bonchev–Trinajstić information content (AvgIpc) is 2.75. The molecular formula is C26H32Cl2O5. The summed E-state index contributed by atoms with van der Waals surface area (Å²) in [4.78, 5) is 33.4. The van der Waals surface area contributed by atoms with Gasteiger partial charge >= 0.3 is 0 Å². The van der Waals surface area contributed by atoms with Crippen LogP contribution in [0.3, 0.4) is 0 Å². The molecular weight excluding hydrogens is 463 g/mol. The Hall–Kier alpha value is -2.05. The van der Waals surface area contributed by atoms with E-state index in [4.69, 9.17) is 32.7 Å². The van der Waals surface area contributed by atoms with Gasteiger partial charge in [0, 0.05) is 36.1 Å². The molecule has 0 saturated carbocycles. The molecule has 2 aromatic rings. The van der Waals surface area contributed by atoms with Crippen LogP contribution in [0.4, 0.5) is 0 Å². The summed E-state index contributed by atoms with van der Waals surface area (Å²) in [5.41, 5.74) is 3.73. The van der Waals surface area contributed by atoms with Gasteiger partial charge in [0.1, 0.15) is 17.9 Å². The second-order valence-electron chi connectivity index (χ2n) is 7.42. The highest BCUT2D eigenvalue weighted by molar-refractivity contribution is 6.32. The summed E-state index contributed by atoms with van der Waals surface area (Å²) < 4.78 is 10.8. The van der Waals surface area contributed by atoms with Gasteiger partial charge in [0.2, 0.25) is 0 Å². The zero-order valence-corrected chi connectivity index (χ0v) is 21.2. The number of aryl methyl sites for hydroxylation is 2. The monoisotopic (exact) mass is 494 g/mol. The Labute approximate surface area is 206 Å². The Morgan fingerprint density at radius 2 is 1.30 bits per heavy atom. The maximum absolute atomic E-state index is 12.1. The first kappa shape index (κ1) is 29.0. The van der Waals surface area contributed by atoms with Gasteiger partial charge in [0.05, 0.1) is 12.8 Å². The molecule has 0 spiro atoms. The second-order valence-corrected chi connectivity index (χ2v) is 8.23. The number of benzene rings is 2. The van der Waals surface area contributed by atoms with Crippen molar-refractivity contribution < 1.29 is 23.9 Å². The lowest BCUT2D eigenvalue weighted by Crippen LogP contribution is -2.22. The molecule has 0 heterocycles. The van der Waals surface area contributed by atoms with Crippen LogP contribution in [0.5, 0.6) is 0 Å². The van der Waals surface area contributed by atoms with E-state index in [1.54, 1.807) is 12.1 Å². The van der Waals surface area contributed by atoms with Crippen LogP contribution in [-0.2, 0) is 36.7 Å². The van der Waals surface area contributed by atoms with Crippen molar-refractivity contribution in [3.63, 3.8) is 0 Å². The number of carbonyl (C=O) groups excluding carboxylic acids is 3. The summed E-state index contributed by atoms with van der Waals surface area (Å²) in [6.07, 6.45) is 0.947. The highest BCUT2D eigenvalue weighted by Gasteiger charge is 2.16. The lowest BCUT2D eigenvalue weighted by molar-refractivity contribution is -0.151. The fraction of sp³-hybridized carbons (Fsp3) is 0.423. The normalized spacial score (nSPS) is 10.5. The van der Waals surface area contributed by atoms with Gasteiger partial charge in [-0.3, -0.25) is 9.59 Å². The highest BCUT2D eigenvalue weighted by Crippen LogP contribution is 2.21. The molecule has 5 nitrogen and oxygen atoms in total. The molecule has 0 N–H and O–H groups in total. The summed E-state index contributed by atoms with van der Waals surface area (Å²) in [5.74, 6) is -0.0284. The Morgan fingerprint density at radius 1 is 0.848 bits per heavy atom. The molecule has 0 atom stereocenters. The molecule has 0 fully saturated rings. The third-order valence-electron chi connectivity index (χ3n) is 4.86. The molecule has 0 aliphatic carbocycles. The summed E-state index contributed by atoms with van der Waals surface area (Å²) in [6, 6.07) is 11.1. The van der Waals surface area contributed by atoms with Gasteiger partial charge in [-0.1, -0.05) is 47.5 Å². The molecule has 0 bridgehead atoms. The first-order valence-corrected chi connectivity index (χ1v) is 11.7. The molecule has 0 aromatic heterocycles. The van der Waals surface area contributed by atoms with E-state index in [1.165, 1.54) is 0 Å². The van der Waals surface area contributed by atoms with E-state index in [1.807, 2.05) is 52.0 Å². The highest BCUT2D eigenvalue weighted by atomic mass is 35.5. The van der Waals surface area contributed by atoms with E-state index in [-0.39, 0.29) is 30.8 Å². The van der Waals surface area contributed by atoms with Gasteiger partial charge in [0.25, 0.3) is 0 Å². The quantitative estimate of drug-likeness (QED) is 0.208. The maximum atomic E-state index is 12.1. The van der Waals surface area contributed by atoms with Gasteiger partial charge in [-0.15, -0.1) is 0 Å². The summed E-state index contributed by atoms with van der Waals surface area (Å²) in [5, 5.41) is 1.22. The van der Waals surface area contributed by atoms with E-state index in [0.717, 1.165) is 22.3 Å². The Kier molecular flexibility index (Phi) is 13.8. The minimum Gasteiger partial charge on any atom is -0.352 e. The number of rotatable bonds is 12. The van der Waals surface area contributed by atoms with Crippen molar-refractivity contribution in [1.82, 2.24) is 0 Å². The number of aldehydes is 1. The molecule has 0 aliphatic heterocycles. The Morgan fingerprint density at radius 3 is 1.70 bits per heavy atom. The number of hydrogen-bond acceptors (Lipinski definition) is 5. The van der Waals surface area contributed by atoms with Crippen molar-refractivity contribution in [2.24, 2.45) is 0 Å². The van der Waals surface area contributed by atoms with Crippen LogP contribution in [0, 0.1) is 13.8 Å². The molecule has 0 unspecified atom stereocenters. The summed E-state index contributed by atoms with van der Waals surface area (Å²) in [6.45, 7) is 8.68. The largest absolute Gasteiger partial charge is 0.352 e. The van der Waals surface area contributed by atoms with Crippen LogP contribution in [0.25, 0.3) is 0 Å². The van der Waals surface area contributed by atoms with Gasteiger partial charge in [-0.05, 0) is 62.1 Å². The Bertz CT molecular complexity index is 880. The van der Waals surface area contributed by atoms with E-state index in [0.29, 0.717) is 36.0 Å².